The molecule has 0 aliphatic rings. The van der Waals surface area contributed by atoms with E-state index in [0.717, 1.165) is 28.6 Å². The average molecular weight is 307 g/mol. The van der Waals surface area contributed by atoms with E-state index in [-0.39, 0.29) is 6.03 Å². The third-order valence-corrected chi connectivity index (χ3v) is 4.15. The predicted molar refractivity (Wildman–Crippen MR) is 78.0 cm³/mol. The number of thioether (sulfide) groups is 1. The van der Waals surface area contributed by atoms with Crippen LogP contribution in [0.4, 0.5) is 4.79 Å². The van der Waals surface area contributed by atoms with Crippen LogP contribution in [0.25, 0.3) is 0 Å². The van der Waals surface area contributed by atoms with Crippen molar-refractivity contribution >= 4 is 41.3 Å². The zero-order chi connectivity index (χ0) is 13.4. The maximum Gasteiger partial charge on any atom is 0.324 e. The van der Waals surface area contributed by atoms with Crippen LogP contribution in [0.1, 0.15) is 11.4 Å². The minimum atomic E-state index is -0.183. The summed E-state index contributed by atoms with van der Waals surface area (Å²) in [6.07, 6.45) is 1.71. The summed E-state index contributed by atoms with van der Waals surface area (Å²) in [5.74, 6) is 2.46. The van der Waals surface area contributed by atoms with Crippen molar-refractivity contribution in [2.45, 2.75) is 12.7 Å². The average Bonchev–Trinajstić information content (AvgIpc) is 2.35. The third-order valence-electron chi connectivity index (χ3n) is 1.88. The highest BCUT2D eigenvalue weighted by atomic mass is 35.5. The summed E-state index contributed by atoms with van der Waals surface area (Å²) in [5, 5.41) is 2.95. The number of halogens is 1. The van der Waals surface area contributed by atoms with Gasteiger partial charge in [-0.25, -0.2) is 9.78 Å². The van der Waals surface area contributed by atoms with E-state index in [9.17, 15) is 4.79 Å². The Kier molecular flexibility index (Phi) is 7.22. The van der Waals surface area contributed by atoms with Crippen molar-refractivity contribution in [1.29, 1.82) is 0 Å². The fourth-order valence-corrected chi connectivity index (χ4v) is 3.02. The van der Waals surface area contributed by atoms with E-state index in [2.05, 4.69) is 20.0 Å². The van der Waals surface area contributed by atoms with E-state index < -0.39 is 0 Å². The lowest BCUT2D eigenvalue weighted by Crippen LogP contribution is -2.27. The van der Waals surface area contributed by atoms with Gasteiger partial charge in [0.2, 0.25) is 0 Å². The Morgan fingerprint density at radius 2 is 2.28 bits per heavy atom. The molecule has 0 bridgehead atoms. The summed E-state index contributed by atoms with van der Waals surface area (Å²) in [5.41, 5.74) is 1.62. The molecule has 0 fully saturated rings. The zero-order valence-electron chi connectivity index (χ0n) is 10.2. The number of aryl methyl sites for hydroxylation is 1. The van der Waals surface area contributed by atoms with Gasteiger partial charge in [-0.15, -0.1) is 0 Å². The van der Waals surface area contributed by atoms with Crippen LogP contribution < -0.4 is 10.0 Å². The topological polar surface area (TPSA) is 66.9 Å². The van der Waals surface area contributed by atoms with Crippen LogP contribution in [0, 0.1) is 6.92 Å². The summed E-state index contributed by atoms with van der Waals surface area (Å²) < 4.78 is 2.65. The van der Waals surface area contributed by atoms with E-state index in [4.69, 9.17) is 11.6 Å². The number of nitrogens with zero attached hydrogens (tertiary/aromatic N) is 2. The number of carbonyl (C=O) groups is 1. The van der Waals surface area contributed by atoms with Crippen molar-refractivity contribution < 1.29 is 4.79 Å². The van der Waals surface area contributed by atoms with Crippen LogP contribution in [0.2, 0.25) is 5.15 Å². The molecule has 100 valence electrons. The lowest BCUT2D eigenvalue weighted by atomic mass is 10.4. The largest absolute Gasteiger partial charge is 0.341 e. The van der Waals surface area contributed by atoms with Crippen LogP contribution in [0.3, 0.4) is 0 Å². The van der Waals surface area contributed by atoms with Gasteiger partial charge < -0.3 is 5.32 Å². The molecule has 0 atom stereocenters. The first-order valence-corrected chi connectivity index (χ1v) is 7.80. The third kappa shape index (κ3) is 5.79. The molecule has 1 aromatic heterocycles. The molecule has 0 saturated carbocycles. The maximum absolute atomic E-state index is 10.9. The smallest absolute Gasteiger partial charge is 0.324 e. The van der Waals surface area contributed by atoms with Crippen LogP contribution in [-0.2, 0) is 5.75 Å². The van der Waals surface area contributed by atoms with Crippen LogP contribution in [0.5, 0.6) is 0 Å². The number of carbonyl (C=O) groups excluding carboxylic acids is 1. The molecule has 2 N–H and O–H groups in total. The number of hydrogen-bond donors (Lipinski definition) is 2. The molecule has 18 heavy (non-hydrogen) atoms. The molecule has 2 amide bonds. The second kappa shape index (κ2) is 8.44. The standard InChI is InChI=1S/C10H15ClN4OS2/c1-7-5-13-8(9(11)14-7)6-17-3-4-18-15-10(16)12-2/h5H,3-4,6H2,1-2H3,(H2,12,15,16). The Labute approximate surface area is 120 Å². The van der Waals surface area contributed by atoms with Gasteiger partial charge >= 0.3 is 6.03 Å². The molecule has 0 aromatic carbocycles. The number of aromatic nitrogens is 2. The van der Waals surface area contributed by atoms with Gasteiger partial charge in [-0.2, -0.15) is 11.8 Å². The highest BCUT2D eigenvalue weighted by molar-refractivity contribution is 8.01. The van der Waals surface area contributed by atoms with Crippen LogP contribution >= 0.6 is 35.3 Å². The number of amides is 2. The first kappa shape index (κ1) is 15.4. The first-order chi connectivity index (χ1) is 8.63. The van der Waals surface area contributed by atoms with E-state index in [1.54, 1.807) is 25.0 Å². The highest BCUT2D eigenvalue weighted by Gasteiger charge is 2.04. The molecule has 0 aliphatic heterocycles. The van der Waals surface area contributed by atoms with Crippen molar-refractivity contribution in [2.75, 3.05) is 18.6 Å². The number of hydrogen-bond acceptors (Lipinski definition) is 5. The summed E-state index contributed by atoms with van der Waals surface area (Å²) in [7, 11) is 1.59. The SMILES string of the molecule is CNC(=O)NSCCSCc1ncc(C)nc1Cl. The number of urea groups is 1. The summed E-state index contributed by atoms with van der Waals surface area (Å²) in [6.45, 7) is 1.86. The minimum absolute atomic E-state index is 0.183. The Bertz CT molecular complexity index is 405. The van der Waals surface area contributed by atoms with Crippen molar-refractivity contribution in [3.63, 3.8) is 0 Å². The molecular formula is C10H15ClN4OS2. The van der Waals surface area contributed by atoms with Crippen LogP contribution in [0.15, 0.2) is 6.20 Å². The van der Waals surface area contributed by atoms with Crippen LogP contribution in [-0.4, -0.2) is 34.6 Å². The minimum Gasteiger partial charge on any atom is -0.341 e. The Morgan fingerprint density at radius 1 is 1.50 bits per heavy atom. The lowest BCUT2D eigenvalue weighted by molar-refractivity contribution is 0.248. The van der Waals surface area contributed by atoms with Gasteiger partial charge in [0.25, 0.3) is 0 Å². The van der Waals surface area contributed by atoms with Gasteiger partial charge in [0, 0.05) is 30.5 Å². The predicted octanol–water partition coefficient (Wildman–Crippen LogP) is 2.25. The molecule has 0 saturated heterocycles. The van der Waals surface area contributed by atoms with Crippen molar-refractivity contribution in [3.05, 3.63) is 22.7 Å². The molecule has 1 rings (SSSR count). The summed E-state index contributed by atoms with van der Waals surface area (Å²) in [6, 6.07) is -0.183. The normalized spacial score (nSPS) is 10.2. The van der Waals surface area contributed by atoms with Gasteiger partial charge in [-0.1, -0.05) is 11.6 Å². The molecule has 0 aliphatic carbocycles. The molecular weight excluding hydrogens is 292 g/mol. The fourth-order valence-electron chi connectivity index (χ4n) is 1.01. The summed E-state index contributed by atoms with van der Waals surface area (Å²) in [4.78, 5) is 19.2. The Hall–Kier alpha value is -0.660. The zero-order valence-corrected chi connectivity index (χ0v) is 12.6. The molecule has 1 heterocycles. The molecule has 0 radical (unpaired) electrons. The van der Waals surface area contributed by atoms with Gasteiger partial charge in [-0.05, 0) is 18.9 Å². The second-order valence-corrected chi connectivity index (χ2v) is 5.70. The number of nitrogens with one attached hydrogen (secondary N) is 2. The van der Waals surface area contributed by atoms with Gasteiger partial charge in [0.1, 0.15) is 0 Å². The van der Waals surface area contributed by atoms with Crippen molar-refractivity contribution in [3.8, 4) is 0 Å². The van der Waals surface area contributed by atoms with E-state index >= 15 is 0 Å². The monoisotopic (exact) mass is 306 g/mol. The molecule has 0 spiro atoms. The quantitative estimate of drug-likeness (QED) is 0.623. The number of rotatable bonds is 6. The van der Waals surface area contributed by atoms with Gasteiger partial charge in [0.05, 0.1) is 11.4 Å². The van der Waals surface area contributed by atoms with Gasteiger partial charge in [-0.3, -0.25) is 9.71 Å². The van der Waals surface area contributed by atoms with Crippen molar-refractivity contribution in [2.24, 2.45) is 0 Å². The molecule has 1 aromatic rings. The van der Waals surface area contributed by atoms with Gasteiger partial charge in [0.15, 0.2) is 5.15 Å². The second-order valence-electron chi connectivity index (χ2n) is 3.33. The summed E-state index contributed by atoms with van der Waals surface area (Å²) >= 11 is 9.05. The highest BCUT2D eigenvalue weighted by Crippen LogP contribution is 2.17. The fraction of sp³-hybridized carbons (Fsp3) is 0.500. The lowest BCUT2D eigenvalue weighted by Gasteiger charge is -2.04. The Balaban J connectivity index is 2.16. The maximum atomic E-state index is 10.9. The van der Waals surface area contributed by atoms with E-state index in [0.29, 0.717) is 5.15 Å². The Morgan fingerprint density at radius 3 is 2.94 bits per heavy atom. The van der Waals surface area contributed by atoms with E-state index in [1.165, 1.54) is 11.9 Å². The molecule has 5 nitrogen and oxygen atoms in total. The van der Waals surface area contributed by atoms with E-state index in [1.807, 2.05) is 6.92 Å². The molecule has 8 heteroatoms. The first-order valence-electron chi connectivity index (χ1n) is 5.28. The molecule has 0 unspecified atom stereocenters. The van der Waals surface area contributed by atoms with Crippen molar-refractivity contribution in [1.82, 2.24) is 20.0 Å².